The topological polar surface area (TPSA) is 36.7 Å². The van der Waals surface area contributed by atoms with E-state index in [0.717, 1.165) is 22.2 Å². The molecule has 0 saturated heterocycles. The lowest BCUT2D eigenvalue weighted by Gasteiger charge is -2.07. The van der Waals surface area contributed by atoms with Crippen LogP contribution in [-0.4, -0.2) is 4.98 Å². The number of fused-ring (bicyclic) bond motifs is 1. The molecule has 0 unspecified atom stereocenters. The van der Waals surface area contributed by atoms with Crippen LogP contribution in [0.5, 0.6) is 0 Å². The Balaban J connectivity index is 2.16. The predicted octanol–water partition coefficient (Wildman–Crippen LogP) is 4.19. The van der Waals surface area contributed by atoms with Crippen molar-refractivity contribution in [2.45, 2.75) is 0 Å². The molecule has 0 fully saturated rings. The second kappa shape index (κ2) is 5.38. The van der Waals surface area contributed by atoms with Gasteiger partial charge in [0.05, 0.1) is 11.8 Å². The number of hydrogen-bond acceptors (Lipinski definition) is 2. The summed E-state index contributed by atoms with van der Waals surface area (Å²) in [5, 5.41) is 11.4. The smallest absolute Gasteiger partial charge is 0.0919 e. The molecule has 2 aromatic carbocycles. The van der Waals surface area contributed by atoms with Gasteiger partial charge < -0.3 is 0 Å². The summed E-state index contributed by atoms with van der Waals surface area (Å²) in [5.74, 6) is 0. The van der Waals surface area contributed by atoms with Crippen molar-refractivity contribution < 1.29 is 0 Å². The summed E-state index contributed by atoms with van der Waals surface area (Å²) >= 11 is 0. The van der Waals surface area contributed by atoms with E-state index in [4.69, 9.17) is 5.26 Å². The monoisotopic (exact) mass is 256 g/mol. The number of nitriles is 1. The van der Waals surface area contributed by atoms with Gasteiger partial charge in [0.1, 0.15) is 0 Å². The molecule has 0 amide bonds. The Morgan fingerprint density at radius 1 is 0.950 bits per heavy atom. The highest BCUT2D eigenvalue weighted by Gasteiger charge is 2.06. The van der Waals surface area contributed by atoms with Crippen LogP contribution in [0.1, 0.15) is 11.3 Å². The first-order valence-electron chi connectivity index (χ1n) is 6.39. The van der Waals surface area contributed by atoms with Gasteiger partial charge in [-0.15, -0.1) is 0 Å². The van der Waals surface area contributed by atoms with Crippen LogP contribution in [0.3, 0.4) is 0 Å². The lowest BCUT2D eigenvalue weighted by atomic mass is 9.98. The fraction of sp³-hybridized carbons (Fsp3) is 0. The number of benzene rings is 2. The van der Waals surface area contributed by atoms with E-state index >= 15 is 0 Å². The Morgan fingerprint density at radius 3 is 2.50 bits per heavy atom. The minimum absolute atomic E-state index is 0.810. The van der Waals surface area contributed by atoms with E-state index in [1.54, 1.807) is 12.3 Å². The third-order valence-electron chi connectivity index (χ3n) is 3.21. The van der Waals surface area contributed by atoms with Crippen molar-refractivity contribution in [2.24, 2.45) is 0 Å². The van der Waals surface area contributed by atoms with Crippen molar-refractivity contribution in [3.8, 4) is 6.07 Å². The van der Waals surface area contributed by atoms with Crippen LogP contribution in [0.2, 0.25) is 0 Å². The highest BCUT2D eigenvalue weighted by atomic mass is 14.7. The Bertz CT molecular complexity index is 811. The van der Waals surface area contributed by atoms with Gasteiger partial charge in [0.25, 0.3) is 0 Å². The van der Waals surface area contributed by atoms with Crippen LogP contribution in [0.15, 0.2) is 72.9 Å². The lowest BCUT2D eigenvalue weighted by Crippen LogP contribution is -1.91. The minimum atomic E-state index is 0.810. The fourth-order valence-corrected chi connectivity index (χ4v) is 2.25. The van der Waals surface area contributed by atoms with E-state index in [9.17, 15) is 0 Å². The summed E-state index contributed by atoms with van der Waals surface area (Å²) in [6.45, 7) is 0. The average molecular weight is 256 g/mol. The van der Waals surface area contributed by atoms with E-state index in [1.807, 2.05) is 36.4 Å². The first-order valence-corrected chi connectivity index (χ1v) is 6.39. The summed E-state index contributed by atoms with van der Waals surface area (Å²) in [5.41, 5.74) is 2.66. The normalized spacial score (nSPS) is 11.2. The van der Waals surface area contributed by atoms with Gasteiger partial charge in [0, 0.05) is 17.8 Å². The SMILES string of the molecule is N#C/C=C(/c1ccc2ccccc2c1)c1ccccn1. The van der Waals surface area contributed by atoms with Crippen molar-refractivity contribution in [3.63, 3.8) is 0 Å². The number of rotatable bonds is 2. The molecule has 1 heterocycles. The number of hydrogen-bond donors (Lipinski definition) is 0. The van der Waals surface area contributed by atoms with Crippen LogP contribution in [0.4, 0.5) is 0 Å². The van der Waals surface area contributed by atoms with E-state index in [2.05, 4.69) is 35.3 Å². The van der Waals surface area contributed by atoms with Crippen LogP contribution in [0.25, 0.3) is 16.3 Å². The maximum atomic E-state index is 9.02. The molecule has 2 nitrogen and oxygen atoms in total. The van der Waals surface area contributed by atoms with Crippen LogP contribution in [0, 0.1) is 11.3 Å². The Hall–Kier alpha value is -2.92. The number of nitrogens with zero attached hydrogens (tertiary/aromatic N) is 2. The number of aromatic nitrogens is 1. The molecule has 20 heavy (non-hydrogen) atoms. The van der Waals surface area contributed by atoms with Gasteiger partial charge in [-0.05, 0) is 34.5 Å². The molecular formula is C18H12N2. The van der Waals surface area contributed by atoms with Crippen molar-refractivity contribution in [1.29, 1.82) is 5.26 Å². The van der Waals surface area contributed by atoms with Gasteiger partial charge in [-0.25, -0.2) is 0 Å². The fourth-order valence-electron chi connectivity index (χ4n) is 2.25. The molecule has 0 aliphatic rings. The van der Waals surface area contributed by atoms with Gasteiger partial charge in [-0.1, -0.05) is 42.5 Å². The highest BCUT2D eigenvalue weighted by molar-refractivity contribution is 5.89. The molecule has 3 rings (SSSR count). The molecule has 0 spiro atoms. The Kier molecular flexibility index (Phi) is 3.26. The van der Waals surface area contributed by atoms with E-state index in [0.29, 0.717) is 0 Å². The predicted molar refractivity (Wildman–Crippen MR) is 80.9 cm³/mol. The molecule has 2 heteroatoms. The molecule has 94 valence electrons. The molecule has 0 radical (unpaired) electrons. The van der Waals surface area contributed by atoms with Crippen molar-refractivity contribution >= 4 is 16.3 Å². The molecule has 3 aromatic rings. The second-order valence-electron chi connectivity index (χ2n) is 4.46. The van der Waals surface area contributed by atoms with Gasteiger partial charge in [-0.3, -0.25) is 4.98 Å². The molecule has 0 N–H and O–H groups in total. The third-order valence-corrected chi connectivity index (χ3v) is 3.21. The molecule has 0 aliphatic carbocycles. The maximum absolute atomic E-state index is 9.02. The largest absolute Gasteiger partial charge is 0.256 e. The summed E-state index contributed by atoms with van der Waals surface area (Å²) in [7, 11) is 0. The summed E-state index contributed by atoms with van der Waals surface area (Å²) < 4.78 is 0. The number of allylic oxidation sites excluding steroid dienone is 1. The van der Waals surface area contributed by atoms with Crippen molar-refractivity contribution in [1.82, 2.24) is 4.98 Å². The summed E-state index contributed by atoms with van der Waals surface area (Å²) in [4.78, 5) is 4.33. The maximum Gasteiger partial charge on any atom is 0.0919 e. The quantitative estimate of drug-likeness (QED) is 0.644. The highest BCUT2D eigenvalue weighted by Crippen LogP contribution is 2.25. The molecule has 0 aliphatic heterocycles. The molecule has 0 bridgehead atoms. The number of pyridine rings is 1. The Morgan fingerprint density at radius 2 is 1.75 bits per heavy atom. The van der Waals surface area contributed by atoms with Crippen LogP contribution < -0.4 is 0 Å². The Labute approximate surface area is 117 Å². The first kappa shape index (κ1) is 12.1. The van der Waals surface area contributed by atoms with E-state index < -0.39 is 0 Å². The second-order valence-corrected chi connectivity index (χ2v) is 4.46. The third kappa shape index (κ3) is 2.30. The zero-order chi connectivity index (χ0) is 13.8. The van der Waals surface area contributed by atoms with E-state index in [-0.39, 0.29) is 0 Å². The van der Waals surface area contributed by atoms with Gasteiger partial charge in [-0.2, -0.15) is 5.26 Å². The standard InChI is InChI=1S/C18H12N2/c19-11-10-17(18-7-3-4-12-20-18)16-9-8-14-5-1-2-6-15(14)13-16/h1-10,12-13H/b17-10-. The zero-order valence-electron chi connectivity index (χ0n) is 10.8. The molecule has 1 aromatic heterocycles. The van der Waals surface area contributed by atoms with Crippen molar-refractivity contribution in [2.75, 3.05) is 0 Å². The summed E-state index contributed by atoms with van der Waals surface area (Å²) in [6.07, 6.45) is 3.29. The van der Waals surface area contributed by atoms with Gasteiger partial charge >= 0.3 is 0 Å². The van der Waals surface area contributed by atoms with Gasteiger partial charge in [0.15, 0.2) is 0 Å². The van der Waals surface area contributed by atoms with Gasteiger partial charge in [0.2, 0.25) is 0 Å². The molecular weight excluding hydrogens is 244 g/mol. The lowest BCUT2D eigenvalue weighted by molar-refractivity contribution is 1.27. The summed E-state index contributed by atoms with van der Waals surface area (Å²) in [6, 6.07) is 22.2. The minimum Gasteiger partial charge on any atom is -0.256 e. The van der Waals surface area contributed by atoms with E-state index in [1.165, 1.54) is 5.39 Å². The molecule has 0 saturated carbocycles. The first-order chi connectivity index (χ1) is 9.88. The average Bonchev–Trinajstić information content (AvgIpc) is 2.53. The van der Waals surface area contributed by atoms with Crippen LogP contribution >= 0.6 is 0 Å². The zero-order valence-corrected chi connectivity index (χ0v) is 10.8. The molecule has 0 atom stereocenters. The van der Waals surface area contributed by atoms with Crippen molar-refractivity contribution in [3.05, 3.63) is 84.2 Å². The van der Waals surface area contributed by atoms with Crippen LogP contribution in [-0.2, 0) is 0 Å².